The Hall–Kier alpha value is -2.62. The molecule has 7 nitrogen and oxygen atoms in total. The summed E-state index contributed by atoms with van der Waals surface area (Å²) in [5, 5.41) is 22.7. The van der Waals surface area contributed by atoms with E-state index in [-0.39, 0.29) is 24.0 Å². The predicted octanol–water partition coefficient (Wildman–Crippen LogP) is 2.09. The zero-order chi connectivity index (χ0) is 16.3. The third kappa shape index (κ3) is 3.34. The second kappa shape index (κ2) is 6.02. The van der Waals surface area contributed by atoms with Gasteiger partial charge in [0.25, 0.3) is 11.6 Å². The van der Waals surface area contributed by atoms with E-state index in [0.717, 1.165) is 12.8 Å². The zero-order valence-corrected chi connectivity index (χ0v) is 12.5. The maximum Gasteiger partial charge on any atom is 0.276 e. The highest BCUT2D eigenvalue weighted by Crippen LogP contribution is 2.39. The molecule has 0 heterocycles. The van der Waals surface area contributed by atoms with Gasteiger partial charge in [0.05, 0.1) is 16.6 Å². The molecular formula is C15H17N3O4. The summed E-state index contributed by atoms with van der Waals surface area (Å²) in [5.74, 6) is 0.0530. The van der Waals surface area contributed by atoms with Crippen molar-refractivity contribution in [3.63, 3.8) is 0 Å². The summed E-state index contributed by atoms with van der Waals surface area (Å²) in [6, 6.07) is 6.58. The number of rotatable bonds is 6. The second-order valence-corrected chi connectivity index (χ2v) is 5.58. The van der Waals surface area contributed by atoms with Crippen molar-refractivity contribution >= 4 is 11.6 Å². The summed E-state index contributed by atoms with van der Waals surface area (Å²) >= 11 is 0. The average Bonchev–Trinajstić information content (AvgIpc) is 3.30. The van der Waals surface area contributed by atoms with Crippen LogP contribution in [-0.4, -0.2) is 23.0 Å². The van der Waals surface area contributed by atoms with Gasteiger partial charge in [0.1, 0.15) is 11.3 Å². The number of ether oxygens (including phenoxy) is 1. The monoisotopic (exact) mass is 303 g/mol. The predicted molar refractivity (Wildman–Crippen MR) is 78.2 cm³/mol. The lowest BCUT2D eigenvalue weighted by Gasteiger charge is -2.22. The van der Waals surface area contributed by atoms with Crippen LogP contribution in [0.5, 0.6) is 5.75 Å². The lowest BCUT2D eigenvalue weighted by Crippen LogP contribution is -2.48. The summed E-state index contributed by atoms with van der Waals surface area (Å²) in [6.45, 7) is 2.97. The van der Waals surface area contributed by atoms with Crippen LogP contribution in [0.2, 0.25) is 0 Å². The van der Waals surface area contributed by atoms with Crippen LogP contribution in [0.25, 0.3) is 0 Å². The molecule has 22 heavy (non-hydrogen) atoms. The van der Waals surface area contributed by atoms with E-state index in [2.05, 4.69) is 11.4 Å². The number of nitrogens with zero attached hydrogens (tertiary/aromatic N) is 2. The number of nitro benzene ring substituents is 1. The highest BCUT2D eigenvalue weighted by Gasteiger charge is 2.43. The van der Waals surface area contributed by atoms with Gasteiger partial charge in [-0.15, -0.1) is 0 Å². The summed E-state index contributed by atoms with van der Waals surface area (Å²) in [5.41, 5.74) is -0.568. The van der Waals surface area contributed by atoms with Crippen LogP contribution in [-0.2, 0) is 4.79 Å². The molecular weight excluding hydrogens is 286 g/mol. The largest absolute Gasteiger partial charge is 0.483 e. The Labute approximate surface area is 128 Å². The van der Waals surface area contributed by atoms with Crippen LogP contribution in [0.4, 0.5) is 5.69 Å². The quantitative estimate of drug-likeness (QED) is 0.640. The number of benzene rings is 1. The SMILES string of the molecule is Cc1c(OCC(=O)N[C@@](C)(C#N)C2CC2)cccc1[N+](=O)[O-]. The minimum atomic E-state index is -0.877. The van der Waals surface area contributed by atoms with Crippen molar-refractivity contribution in [1.82, 2.24) is 5.32 Å². The first-order valence-electron chi connectivity index (χ1n) is 6.96. The number of nitrogens with one attached hydrogen (secondary N) is 1. The smallest absolute Gasteiger partial charge is 0.276 e. The Morgan fingerprint density at radius 3 is 2.82 bits per heavy atom. The average molecular weight is 303 g/mol. The van der Waals surface area contributed by atoms with Crippen molar-refractivity contribution in [2.24, 2.45) is 5.92 Å². The van der Waals surface area contributed by atoms with Gasteiger partial charge < -0.3 is 10.1 Å². The molecule has 1 saturated carbocycles. The highest BCUT2D eigenvalue weighted by molar-refractivity contribution is 5.79. The molecule has 0 bridgehead atoms. The fourth-order valence-electron chi connectivity index (χ4n) is 2.31. The van der Waals surface area contributed by atoms with Crippen molar-refractivity contribution in [1.29, 1.82) is 5.26 Å². The lowest BCUT2D eigenvalue weighted by molar-refractivity contribution is -0.385. The number of carbonyl (C=O) groups is 1. The molecule has 7 heteroatoms. The van der Waals surface area contributed by atoms with Crippen LogP contribution in [0.3, 0.4) is 0 Å². The van der Waals surface area contributed by atoms with Gasteiger partial charge in [-0.1, -0.05) is 6.07 Å². The molecule has 0 spiro atoms. The van der Waals surface area contributed by atoms with E-state index in [4.69, 9.17) is 4.74 Å². The fraction of sp³-hybridized carbons (Fsp3) is 0.467. The van der Waals surface area contributed by atoms with Crippen LogP contribution in [0, 0.1) is 34.3 Å². The minimum absolute atomic E-state index is 0.0576. The van der Waals surface area contributed by atoms with Crippen LogP contribution in [0.15, 0.2) is 18.2 Å². The van der Waals surface area contributed by atoms with E-state index in [1.165, 1.54) is 12.1 Å². The first-order chi connectivity index (χ1) is 10.4. The van der Waals surface area contributed by atoms with Gasteiger partial charge in [-0.05, 0) is 38.7 Å². The molecule has 1 N–H and O–H groups in total. The normalized spacial score (nSPS) is 16.2. The molecule has 1 fully saturated rings. The standard InChI is InChI=1S/C15H17N3O4/c1-10-12(18(20)21)4-3-5-13(10)22-8-14(19)17-15(2,9-16)11-6-7-11/h3-5,11H,6-8H2,1-2H3,(H,17,19)/t15-/m0/s1. The molecule has 1 aromatic rings. The molecule has 2 rings (SSSR count). The van der Waals surface area contributed by atoms with E-state index in [1.807, 2.05) is 0 Å². The van der Waals surface area contributed by atoms with Crippen LogP contribution in [0.1, 0.15) is 25.3 Å². The maximum absolute atomic E-state index is 11.9. The Morgan fingerprint density at radius 2 is 2.27 bits per heavy atom. The molecule has 1 aliphatic rings. The molecule has 0 radical (unpaired) electrons. The molecule has 1 amide bonds. The third-order valence-electron chi connectivity index (χ3n) is 3.84. The Bertz CT molecular complexity index is 649. The summed E-state index contributed by atoms with van der Waals surface area (Å²) in [6.07, 6.45) is 1.85. The highest BCUT2D eigenvalue weighted by atomic mass is 16.6. The summed E-state index contributed by atoms with van der Waals surface area (Å²) in [7, 11) is 0. The Balaban J connectivity index is 1.98. The number of amides is 1. The van der Waals surface area contributed by atoms with Crippen LogP contribution >= 0.6 is 0 Å². The number of nitro groups is 1. The lowest BCUT2D eigenvalue weighted by atomic mass is 9.98. The van der Waals surface area contributed by atoms with Gasteiger partial charge in [-0.25, -0.2) is 0 Å². The number of hydrogen-bond donors (Lipinski definition) is 1. The molecule has 1 aromatic carbocycles. The van der Waals surface area contributed by atoms with Gasteiger partial charge >= 0.3 is 0 Å². The molecule has 1 atom stereocenters. The van der Waals surface area contributed by atoms with E-state index in [0.29, 0.717) is 5.56 Å². The van der Waals surface area contributed by atoms with E-state index in [1.54, 1.807) is 19.9 Å². The summed E-state index contributed by atoms with van der Waals surface area (Å²) in [4.78, 5) is 22.3. The van der Waals surface area contributed by atoms with Crippen molar-refractivity contribution in [2.75, 3.05) is 6.61 Å². The van der Waals surface area contributed by atoms with Gasteiger partial charge in [0, 0.05) is 6.07 Å². The molecule has 0 unspecified atom stereocenters. The first kappa shape index (κ1) is 15.8. The molecule has 116 valence electrons. The van der Waals surface area contributed by atoms with E-state index >= 15 is 0 Å². The fourth-order valence-corrected chi connectivity index (χ4v) is 2.31. The van der Waals surface area contributed by atoms with Crippen molar-refractivity contribution in [3.8, 4) is 11.8 Å². The van der Waals surface area contributed by atoms with Crippen molar-refractivity contribution in [3.05, 3.63) is 33.9 Å². The maximum atomic E-state index is 11.9. The van der Waals surface area contributed by atoms with Gasteiger partial charge in [-0.2, -0.15) is 5.26 Å². The van der Waals surface area contributed by atoms with E-state index in [9.17, 15) is 20.2 Å². The molecule has 0 aromatic heterocycles. The topological polar surface area (TPSA) is 105 Å². The number of nitriles is 1. The summed E-state index contributed by atoms with van der Waals surface area (Å²) < 4.78 is 5.35. The Morgan fingerprint density at radius 1 is 1.59 bits per heavy atom. The van der Waals surface area contributed by atoms with Gasteiger partial charge in [0.15, 0.2) is 6.61 Å². The second-order valence-electron chi connectivity index (χ2n) is 5.58. The number of hydrogen-bond acceptors (Lipinski definition) is 5. The Kier molecular flexibility index (Phi) is 4.31. The first-order valence-corrected chi connectivity index (χ1v) is 6.96. The van der Waals surface area contributed by atoms with Crippen molar-refractivity contribution in [2.45, 2.75) is 32.2 Å². The van der Waals surface area contributed by atoms with Gasteiger partial charge in [0.2, 0.25) is 0 Å². The molecule has 0 aliphatic heterocycles. The number of carbonyl (C=O) groups excluding carboxylic acids is 1. The van der Waals surface area contributed by atoms with E-state index < -0.39 is 16.4 Å². The minimum Gasteiger partial charge on any atom is -0.483 e. The third-order valence-corrected chi connectivity index (χ3v) is 3.84. The zero-order valence-electron chi connectivity index (χ0n) is 12.5. The molecule has 0 saturated heterocycles. The van der Waals surface area contributed by atoms with Gasteiger partial charge in [-0.3, -0.25) is 14.9 Å². The van der Waals surface area contributed by atoms with Crippen LogP contribution < -0.4 is 10.1 Å². The molecule has 1 aliphatic carbocycles. The van der Waals surface area contributed by atoms with Crippen molar-refractivity contribution < 1.29 is 14.5 Å².